The number of para-hydroxylation sites is 2. The molecule has 3 rings (SSSR count). The van der Waals surface area contributed by atoms with Gasteiger partial charge in [0, 0.05) is 9.79 Å². The van der Waals surface area contributed by atoms with Gasteiger partial charge in [-0.05, 0) is 31.2 Å². The SMILES string of the molecule is CC(=O)CN1c2ccccc2Sc2ccccc21. The molecule has 0 aromatic heterocycles. The average Bonchev–Trinajstić information content (AvgIpc) is 2.38. The Bertz CT molecular complexity index is 563. The normalized spacial score (nSPS) is 12.8. The first-order valence-electron chi connectivity index (χ1n) is 5.88. The van der Waals surface area contributed by atoms with Crippen LogP contribution >= 0.6 is 11.8 Å². The highest BCUT2D eigenvalue weighted by molar-refractivity contribution is 7.99. The zero-order valence-electron chi connectivity index (χ0n) is 10.1. The fraction of sp³-hybridized carbons (Fsp3) is 0.133. The summed E-state index contributed by atoms with van der Waals surface area (Å²) in [5, 5.41) is 0. The lowest BCUT2D eigenvalue weighted by Gasteiger charge is -2.31. The van der Waals surface area contributed by atoms with Crippen LogP contribution in [0, 0.1) is 0 Å². The zero-order valence-corrected chi connectivity index (χ0v) is 10.9. The molecule has 2 nitrogen and oxygen atoms in total. The van der Waals surface area contributed by atoms with Crippen LogP contribution in [0.3, 0.4) is 0 Å². The van der Waals surface area contributed by atoms with E-state index in [9.17, 15) is 4.79 Å². The molecular weight excluding hydrogens is 242 g/mol. The lowest BCUT2D eigenvalue weighted by atomic mass is 10.2. The lowest BCUT2D eigenvalue weighted by molar-refractivity contribution is -0.115. The number of hydrogen-bond acceptors (Lipinski definition) is 3. The van der Waals surface area contributed by atoms with E-state index in [1.807, 2.05) is 24.3 Å². The molecule has 0 radical (unpaired) electrons. The Kier molecular flexibility index (Phi) is 2.84. The topological polar surface area (TPSA) is 20.3 Å². The fourth-order valence-corrected chi connectivity index (χ4v) is 3.27. The van der Waals surface area contributed by atoms with Crippen LogP contribution in [0.5, 0.6) is 0 Å². The monoisotopic (exact) mass is 255 g/mol. The van der Waals surface area contributed by atoms with E-state index in [4.69, 9.17) is 0 Å². The number of ketones is 1. The highest BCUT2D eigenvalue weighted by atomic mass is 32.2. The quantitative estimate of drug-likeness (QED) is 0.812. The summed E-state index contributed by atoms with van der Waals surface area (Å²) in [6, 6.07) is 16.4. The molecule has 18 heavy (non-hydrogen) atoms. The van der Waals surface area contributed by atoms with Gasteiger partial charge in [0.15, 0.2) is 0 Å². The Morgan fingerprint density at radius 2 is 1.50 bits per heavy atom. The van der Waals surface area contributed by atoms with Gasteiger partial charge in [-0.15, -0.1) is 0 Å². The first kappa shape index (κ1) is 11.4. The van der Waals surface area contributed by atoms with E-state index in [0.717, 1.165) is 11.4 Å². The molecule has 0 N–H and O–H groups in total. The predicted octanol–water partition coefficient (Wildman–Crippen LogP) is 3.88. The maximum Gasteiger partial charge on any atom is 0.149 e. The van der Waals surface area contributed by atoms with Crippen molar-refractivity contribution in [3.8, 4) is 0 Å². The van der Waals surface area contributed by atoms with Crippen LogP contribution in [0.25, 0.3) is 0 Å². The Hall–Kier alpha value is -1.74. The maximum atomic E-state index is 11.5. The second-order valence-electron chi connectivity index (χ2n) is 4.33. The molecule has 0 unspecified atom stereocenters. The van der Waals surface area contributed by atoms with Crippen molar-refractivity contribution in [2.24, 2.45) is 0 Å². The van der Waals surface area contributed by atoms with Gasteiger partial charge in [-0.1, -0.05) is 36.0 Å². The van der Waals surface area contributed by atoms with Gasteiger partial charge in [0.25, 0.3) is 0 Å². The summed E-state index contributed by atoms with van der Waals surface area (Å²) in [4.78, 5) is 16.0. The van der Waals surface area contributed by atoms with Crippen molar-refractivity contribution >= 4 is 28.9 Å². The molecule has 0 spiro atoms. The highest BCUT2D eigenvalue weighted by Gasteiger charge is 2.23. The second-order valence-corrected chi connectivity index (χ2v) is 5.41. The van der Waals surface area contributed by atoms with Crippen LogP contribution in [-0.4, -0.2) is 12.3 Å². The number of Topliss-reactive ketones (excluding diaryl/α,β-unsaturated/α-hetero) is 1. The molecule has 1 heterocycles. The standard InChI is InChI=1S/C15H13NOS/c1-11(17)10-16-12-6-2-4-8-14(12)18-15-9-5-3-7-13(15)16/h2-9H,10H2,1H3. The Morgan fingerprint density at radius 3 is 2.00 bits per heavy atom. The van der Waals surface area contributed by atoms with Gasteiger partial charge >= 0.3 is 0 Å². The summed E-state index contributed by atoms with van der Waals surface area (Å²) in [7, 11) is 0. The Balaban J connectivity index is 2.14. The number of hydrogen-bond donors (Lipinski definition) is 0. The van der Waals surface area contributed by atoms with Crippen LogP contribution in [0.1, 0.15) is 6.92 Å². The lowest BCUT2D eigenvalue weighted by Crippen LogP contribution is -2.26. The molecule has 0 saturated heterocycles. The summed E-state index contributed by atoms with van der Waals surface area (Å²) in [6.07, 6.45) is 0. The van der Waals surface area contributed by atoms with Crippen molar-refractivity contribution in [3.05, 3.63) is 48.5 Å². The largest absolute Gasteiger partial charge is 0.332 e. The molecule has 0 fully saturated rings. The molecule has 0 aliphatic carbocycles. The molecule has 0 saturated carbocycles. The van der Waals surface area contributed by atoms with E-state index >= 15 is 0 Å². The van der Waals surface area contributed by atoms with Crippen LogP contribution in [-0.2, 0) is 4.79 Å². The summed E-state index contributed by atoms with van der Waals surface area (Å²) < 4.78 is 0. The van der Waals surface area contributed by atoms with Crippen molar-refractivity contribution < 1.29 is 4.79 Å². The van der Waals surface area contributed by atoms with E-state index < -0.39 is 0 Å². The van der Waals surface area contributed by atoms with Gasteiger partial charge in [0.1, 0.15) is 5.78 Å². The van der Waals surface area contributed by atoms with Crippen molar-refractivity contribution in [2.45, 2.75) is 16.7 Å². The minimum Gasteiger partial charge on any atom is -0.332 e. The molecule has 0 amide bonds. The third-order valence-corrected chi connectivity index (χ3v) is 4.04. The molecule has 1 aliphatic heterocycles. The molecule has 90 valence electrons. The van der Waals surface area contributed by atoms with Gasteiger partial charge in [0.05, 0.1) is 17.9 Å². The van der Waals surface area contributed by atoms with E-state index in [-0.39, 0.29) is 5.78 Å². The summed E-state index contributed by atoms with van der Waals surface area (Å²) >= 11 is 1.76. The first-order chi connectivity index (χ1) is 8.75. The molecule has 1 aliphatic rings. The Morgan fingerprint density at radius 1 is 1.00 bits per heavy atom. The van der Waals surface area contributed by atoms with Crippen LogP contribution in [0.15, 0.2) is 58.3 Å². The molecular formula is C15H13NOS. The van der Waals surface area contributed by atoms with Crippen LogP contribution in [0.4, 0.5) is 11.4 Å². The predicted molar refractivity (Wildman–Crippen MR) is 74.7 cm³/mol. The molecule has 2 aromatic rings. The van der Waals surface area contributed by atoms with Crippen molar-refractivity contribution in [1.82, 2.24) is 0 Å². The third-order valence-electron chi connectivity index (χ3n) is 2.91. The number of nitrogens with zero attached hydrogens (tertiary/aromatic N) is 1. The molecule has 3 heteroatoms. The zero-order chi connectivity index (χ0) is 12.5. The minimum atomic E-state index is 0.173. The molecule has 2 aromatic carbocycles. The summed E-state index contributed by atoms with van der Waals surface area (Å²) in [6.45, 7) is 2.06. The Labute approximate surface area is 111 Å². The van der Waals surface area contributed by atoms with E-state index in [1.54, 1.807) is 18.7 Å². The van der Waals surface area contributed by atoms with Crippen LogP contribution < -0.4 is 4.90 Å². The van der Waals surface area contributed by atoms with E-state index in [2.05, 4.69) is 29.2 Å². The van der Waals surface area contributed by atoms with Crippen LogP contribution in [0.2, 0.25) is 0 Å². The number of benzene rings is 2. The van der Waals surface area contributed by atoms with E-state index in [1.165, 1.54) is 9.79 Å². The first-order valence-corrected chi connectivity index (χ1v) is 6.70. The summed E-state index contributed by atoms with van der Waals surface area (Å²) in [5.41, 5.74) is 2.24. The van der Waals surface area contributed by atoms with Crippen molar-refractivity contribution in [3.63, 3.8) is 0 Å². The minimum absolute atomic E-state index is 0.173. The van der Waals surface area contributed by atoms with Crippen molar-refractivity contribution in [2.75, 3.05) is 11.4 Å². The van der Waals surface area contributed by atoms with Gasteiger partial charge in [-0.3, -0.25) is 4.79 Å². The van der Waals surface area contributed by atoms with Gasteiger partial charge < -0.3 is 4.90 Å². The smallest absolute Gasteiger partial charge is 0.149 e. The van der Waals surface area contributed by atoms with E-state index in [0.29, 0.717) is 6.54 Å². The third kappa shape index (κ3) is 1.91. The second kappa shape index (κ2) is 4.50. The maximum absolute atomic E-state index is 11.5. The van der Waals surface area contributed by atoms with Gasteiger partial charge in [-0.25, -0.2) is 0 Å². The highest BCUT2D eigenvalue weighted by Crippen LogP contribution is 2.47. The fourth-order valence-electron chi connectivity index (χ4n) is 2.17. The van der Waals surface area contributed by atoms with Gasteiger partial charge in [-0.2, -0.15) is 0 Å². The number of carbonyl (C=O) groups is 1. The summed E-state index contributed by atoms with van der Waals surface area (Å²) in [5.74, 6) is 0.173. The number of anilines is 2. The number of rotatable bonds is 2. The molecule has 0 atom stereocenters. The number of fused-ring (bicyclic) bond motifs is 2. The van der Waals surface area contributed by atoms with Crippen molar-refractivity contribution in [1.29, 1.82) is 0 Å². The average molecular weight is 255 g/mol. The van der Waals surface area contributed by atoms with Gasteiger partial charge in [0.2, 0.25) is 0 Å². The molecule has 0 bridgehead atoms. The number of carbonyl (C=O) groups excluding carboxylic acids is 1.